The molecule has 0 atom stereocenters. The largest absolute Gasteiger partial charge is 0.345 e. The fourth-order valence-corrected chi connectivity index (χ4v) is 2.74. The molecule has 4 aromatic rings. The van der Waals surface area contributed by atoms with Gasteiger partial charge in [0.25, 0.3) is 11.8 Å². The number of hydrogen-bond donors (Lipinski definition) is 1. The molecule has 1 aromatic carbocycles. The third kappa shape index (κ3) is 3.55. The number of aromatic nitrogens is 5. The summed E-state index contributed by atoms with van der Waals surface area (Å²) in [6, 6.07) is 12.7. The average Bonchev–Trinajstić information content (AvgIpc) is 3.33. The van der Waals surface area contributed by atoms with Crippen LogP contribution in [-0.2, 0) is 13.0 Å². The smallest absolute Gasteiger partial charge is 0.258 e. The molecule has 0 fully saturated rings. The molecule has 0 aliphatic carbocycles. The monoisotopic (exact) mass is 362 g/mol. The third-order valence-corrected chi connectivity index (χ3v) is 4.11. The second kappa shape index (κ2) is 7.36. The highest BCUT2D eigenvalue weighted by Crippen LogP contribution is 2.19. The number of aryl methyl sites for hydroxylation is 1. The molecule has 0 aliphatic rings. The van der Waals surface area contributed by atoms with Gasteiger partial charge in [-0.05, 0) is 30.7 Å². The van der Waals surface area contributed by atoms with Crippen molar-refractivity contribution in [2.24, 2.45) is 0 Å². The Bertz CT molecular complexity index is 1070. The lowest BCUT2D eigenvalue weighted by atomic mass is 10.2. The number of nitrogens with one attached hydrogen (secondary N) is 1. The van der Waals surface area contributed by atoms with E-state index in [0.717, 1.165) is 18.4 Å². The summed E-state index contributed by atoms with van der Waals surface area (Å²) in [5.74, 6) is 1.64. The minimum absolute atomic E-state index is 0.154. The van der Waals surface area contributed by atoms with E-state index >= 15 is 0 Å². The molecule has 8 heteroatoms. The van der Waals surface area contributed by atoms with Crippen molar-refractivity contribution in [3.63, 3.8) is 0 Å². The molecular weight excluding hydrogens is 344 g/mol. The number of nitrogens with zero attached hydrogens (tertiary/aromatic N) is 5. The summed E-state index contributed by atoms with van der Waals surface area (Å²) < 4.78 is 7.13. The quantitative estimate of drug-likeness (QED) is 0.566. The fraction of sp³-hybridized carbons (Fsp3) is 0.211. The van der Waals surface area contributed by atoms with E-state index in [0.29, 0.717) is 28.8 Å². The molecule has 0 aliphatic heterocycles. The van der Waals surface area contributed by atoms with Crippen molar-refractivity contribution in [1.82, 2.24) is 30.1 Å². The Balaban J connectivity index is 1.51. The molecule has 27 heavy (non-hydrogen) atoms. The first kappa shape index (κ1) is 16.9. The van der Waals surface area contributed by atoms with Crippen LogP contribution in [0.5, 0.6) is 0 Å². The molecule has 0 spiro atoms. The molecule has 0 radical (unpaired) electrons. The Hall–Kier alpha value is -3.55. The Labute approximate surface area is 155 Å². The SMILES string of the molecule is CCCc1noc(-c2ccn3c(CNC(=O)c4ccccc4)nnc3c2)n1. The molecular formula is C19H18N6O2. The summed E-state index contributed by atoms with van der Waals surface area (Å²) in [7, 11) is 0. The van der Waals surface area contributed by atoms with E-state index in [-0.39, 0.29) is 12.5 Å². The minimum atomic E-state index is -0.154. The van der Waals surface area contributed by atoms with Crippen LogP contribution in [0.25, 0.3) is 17.1 Å². The van der Waals surface area contributed by atoms with Crippen LogP contribution in [0.2, 0.25) is 0 Å². The second-order valence-electron chi connectivity index (χ2n) is 6.07. The number of fused-ring (bicyclic) bond motifs is 1. The Morgan fingerprint density at radius 2 is 2.04 bits per heavy atom. The number of benzene rings is 1. The number of amides is 1. The topological polar surface area (TPSA) is 98.2 Å². The summed E-state index contributed by atoms with van der Waals surface area (Å²) in [5, 5.41) is 15.2. The molecule has 3 aromatic heterocycles. The van der Waals surface area contributed by atoms with Crippen LogP contribution in [0.15, 0.2) is 53.2 Å². The molecule has 136 valence electrons. The maximum absolute atomic E-state index is 12.2. The maximum atomic E-state index is 12.2. The Morgan fingerprint density at radius 3 is 2.85 bits per heavy atom. The van der Waals surface area contributed by atoms with E-state index in [1.54, 1.807) is 12.1 Å². The second-order valence-corrected chi connectivity index (χ2v) is 6.07. The number of carbonyl (C=O) groups excluding carboxylic acids is 1. The highest BCUT2D eigenvalue weighted by molar-refractivity contribution is 5.94. The van der Waals surface area contributed by atoms with Crippen LogP contribution in [0, 0.1) is 0 Å². The molecule has 0 bridgehead atoms. The van der Waals surface area contributed by atoms with Crippen molar-refractivity contribution in [3.05, 3.63) is 65.9 Å². The van der Waals surface area contributed by atoms with Gasteiger partial charge in [0.15, 0.2) is 17.3 Å². The van der Waals surface area contributed by atoms with E-state index in [1.807, 2.05) is 40.9 Å². The summed E-state index contributed by atoms with van der Waals surface area (Å²) in [6.45, 7) is 2.34. The van der Waals surface area contributed by atoms with Crippen molar-refractivity contribution in [3.8, 4) is 11.5 Å². The van der Waals surface area contributed by atoms with Gasteiger partial charge in [-0.15, -0.1) is 10.2 Å². The zero-order valence-electron chi connectivity index (χ0n) is 14.8. The standard InChI is InChI=1S/C19H18N6O2/c1-2-6-15-21-19(27-24-15)14-9-10-25-16(11-14)22-23-17(25)12-20-18(26)13-7-4-3-5-8-13/h3-5,7-11H,2,6,12H2,1H3,(H,20,26). The highest BCUT2D eigenvalue weighted by Gasteiger charge is 2.13. The molecule has 3 heterocycles. The molecule has 1 amide bonds. The van der Waals surface area contributed by atoms with Crippen LogP contribution in [0.3, 0.4) is 0 Å². The van der Waals surface area contributed by atoms with Crippen LogP contribution >= 0.6 is 0 Å². The van der Waals surface area contributed by atoms with Gasteiger partial charge in [0.05, 0.1) is 6.54 Å². The molecule has 0 saturated heterocycles. The van der Waals surface area contributed by atoms with E-state index < -0.39 is 0 Å². The number of carbonyl (C=O) groups is 1. The summed E-state index contributed by atoms with van der Waals surface area (Å²) >= 11 is 0. The van der Waals surface area contributed by atoms with Crippen LogP contribution < -0.4 is 5.32 Å². The van der Waals surface area contributed by atoms with Gasteiger partial charge in [0, 0.05) is 23.7 Å². The summed E-state index contributed by atoms with van der Waals surface area (Å²) in [4.78, 5) is 16.6. The van der Waals surface area contributed by atoms with Crippen molar-refractivity contribution in [2.75, 3.05) is 0 Å². The Kier molecular flexibility index (Phi) is 4.61. The fourth-order valence-electron chi connectivity index (χ4n) is 2.74. The van der Waals surface area contributed by atoms with Crippen molar-refractivity contribution in [1.29, 1.82) is 0 Å². The normalized spacial score (nSPS) is 11.0. The lowest BCUT2D eigenvalue weighted by Crippen LogP contribution is -2.23. The summed E-state index contributed by atoms with van der Waals surface area (Å²) in [5.41, 5.74) is 2.03. The lowest BCUT2D eigenvalue weighted by Gasteiger charge is -2.04. The minimum Gasteiger partial charge on any atom is -0.345 e. The first-order valence-electron chi connectivity index (χ1n) is 8.74. The molecule has 4 rings (SSSR count). The van der Waals surface area contributed by atoms with Gasteiger partial charge < -0.3 is 9.84 Å². The predicted octanol–water partition coefficient (Wildman–Crippen LogP) is 2.66. The van der Waals surface area contributed by atoms with E-state index in [1.165, 1.54) is 0 Å². The van der Waals surface area contributed by atoms with Gasteiger partial charge in [-0.3, -0.25) is 9.20 Å². The zero-order chi connectivity index (χ0) is 18.6. The molecule has 0 saturated carbocycles. The molecule has 1 N–H and O–H groups in total. The molecule has 0 unspecified atom stereocenters. The van der Waals surface area contributed by atoms with Crippen LogP contribution in [-0.4, -0.2) is 30.6 Å². The van der Waals surface area contributed by atoms with Gasteiger partial charge in [-0.1, -0.05) is 30.3 Å². The van der Waals surface area contributed by atoms with Crippen molar-refractivity contribution in [2.45, 2.75) is 26.3 Å². The van der Waals surface area contributed by atoms with Gasteiger partial charge >= 0.3 is 0 Å². The molecule has 8 nitrogen and oxygen atoms in total. The average molecular weight is 362 g/mol. The maximum Gasteiger partial charge on any atom is 0.258 e. The first-order valence-corrected chi connectivity index (χ1v) is 8.74. The van der Waals surface area contributed by atoms with E-state index in [9.17, 15) is 4.79 Å². The third-order valence-electron chi connectivity index (χ3n) is 4.11. The van der Waals surface area contributed by atoms with Gasteiger partial charge in [-0.25, -0.2) is 0 Å². The van der Waals surface area contributed by atoms with E-state index in [4.69, 9.17) is 4.52 Å². The number of hydrogen-bond acceptors (Lipinski definition) is 6. The van der Waals surface area contributed by atoms with Gasteiger partial charge in [0.2, 0.25) is 0 Å². The summed E-state index contributed by atoms with van der Waals surface area (Å²) in [6.07, 6.45) is 3.57. The van der Waals surface area contributed by atoms with Crippen molar-refractivity contribution >= 4 is 11.6 Å². The zero-order valence-corrected chi connectivity index (χ0v) is 14.8. The lowest BCUT2D eigenvalue weighted by molar-refractivity contribution is 0.0950. The van der Waals surface area contributed by atoms with Gasteiger partial charge in [-0.2, -0.15) is 4.98 Å². The first-order chi connectivity index (χ1) is 13.2. The van der Waals surface area contributed by atoms with Crippen molar-refractivity contribution < 1.29 is 9.32 Å². The van der Waals surface area contributed by atoms with Crippen LogP contribution in [0.4, 0.5) is 0 Å². The number of pyridine rings is 1. The highest BCUT2D eigenvalue weighted by atomic mass is 16.5. The predicted molar refractivity (Wildman–Crippen MR) is 97.9 cm³/mol. The Morgan fingerprint density at radius 1 is 1.19 bits per heavy atom. The van der Waals surface area contributed by atoms with Gasteiger partial charge in [0.1, 0.15) is 0 Å². The van der Waals surface area contributed by atoms with E-state index in [2.05, 4.69) is 32.6 Å². The van der Waals surface area contributed by atoms with Crippen LogP contribution in [0.1, 0.15) is 35.4 Å². The number of rotatable bonds is 6.